The fourth-order valence-electron chi connectivity index (χ4n) is 2.67. The third-order valence-corrected chi connectivity index (χ3v) is 3.92. The molecule has 1 aromatic carbocycles. The molecule has 0 spiro atoms. The molecule has 3 atom stereocenters. The molecular formula is C18H21NO6. The highest BCUT2D eigenvalue weighted by Crippen LogP contribution is 2.22. The lowest BCUT2D eigenvalue weighted by molar-refractivity contribution is -0.159. The molecule has 0 aliphatic carbocycles. The average Bonchev–Trinajstić information content (AvgIpc) is 2.96. The third-order valence-electron chi connectivity index (χ3n) is 3.92. The molecule has 7 heteroatoms. The molecule has 1 aliphatic heterocycles. The van der Waals surface area contributed by atoms with Crippen LogP contribution in [0.15, 0.2) is 43.0 Å². The summed E-state index contributed by atoms with van der Waals surface area (Å²) in [5.41, 5.74) is 0.935. The van der Waals surface area contributed by atoms with Gasteiger partial charge >= 0.3 is 12.1 Å². The Hall–Kier alpha value is -2.67. The van der Waals surface area contributed by atoms with E-state index in [9.17, 15) is 19.5 Å². The molecule has 2 amide bonds. The summed E-state index contributed by atoms with van der Waals surface area (Å²) in [5, 5.41) is 10.1. The number of hydrogen-bond donors (Lipinski definition) is 1. The van der Waals surface area contributed by atoms with Crippen molar-refractivity contribution in [3.63, 3.8) is 0 Å². The van der Waals surface area contributed by atoms with Crippen molar-refractivity contribution in [3.8, 4) is 0 Å². The van der Waals surface area contributed by atoms with Gasteiger partial charge in [0.1, 0.15) is 6.61 Å². The van der Waals surface area contributed by atoms with E-state index < -0.39 is 36.0 Å². The van der Waals surface area contributed by atoms with Gasteiger partial charge in [0.25, 0.3) is 0 Å². The maximum atomic E-state index is 12.7. The van der Waals surface area contributed by atoms with Gasteiger partial charge in [-0.15, -0.1) is 6.58 Å². The van der Waals surface area contributed by atoms with Crippen LogP contribution < -0.4 is 0 Å². The van der Waals surface area contributed by atoms with Gasteiger partial charge in [-0.05, 0) is 18.9 Å². The monoisotopic (exact) mass is 347 g/mol. The van der Waals surface area contributed by atoms with Crippen LogP contribution in [0.25, 0.3) is 0 Å². The second kappa shape index (κ2) is 8.43. The van der Waals surface area contributed by atoms with Crippen LogP contribution in [0.3, 0.4) is 0 Å². The van der Waals surface area contributed by atoms with E-state index in [1.807, 2.05) is 30.3 Å². The number of carbonyl (C=O) groups excluding carboxylic acids is 3. The predicted molar refractivity (Wildman–Crippen MR) is 88.5 cm³/mol. The van der Waals surface area contributed by atoms with Gasteiger partial charge in [0.05, 0.1) is 18.6 Å². The Kier molecular flexibility index (Phi) is 6.30. The van der Waals surface area contributed by atoms with Crippen LogP contribution >= 0.6 is 0 Å². The molecule has 1 N–H and O–H groups in total. The van der Waals surface area contributed by atoms with E-state index in [4.69, 9.17) is 9.47 Å². The van der Waals surface area contributed by atoms with Crippen molar-refractivity contribution in [3.05, 3.63) is 48.6 Å². The zero-order valence-electron chi connectivity index (χ0n) is 14.0. The predicted octanol–water partition coefficient (Wildman–Crippen LogP) is 1.30. The normalized spacial score (nSPS) is 19.0. The van der Waals surface area contributed by atoms with Gasteiger partial charge in [0, 0.05) is 0 Å². The number of rotatable bonds is 7. The Bertz CT molecular complexity index is 644. The second-order valence-corrected chi connectivity index (χ2v) is 5.59. The quantitative estimate of drug-likeness (QED) is 0.590. The number of amides is 2. The molecule has 1 aromatic rings. The minimum absolute atomic E-state index is 0.0544. The molecule has 2 rings (SSSR count). The summed E-state index contributed by atoms with van der Waals surface area (Å²) in [7, 11) is 0. The SMILES string of the molecule is C=C[C@H](C(=O)N1C(=O)OC[C@@H]1Cc1ccccc1)[C@H](O)C(=O)OCC. The first-order valence-electron chi connectivity index (χ1n) is 8.00. The van der Waals surface area contributed by atoms with Crippen molar-refractivity contribution in [2.45, 2.75) is 25.5 Å². The Morgan fingerprint density at radius 2 is 2.12 bits per heavy atom. The van der Waals surface area contributed by atoms with E-state index in [1.165, 1.54) is 0 Å². The van der Waals surface area contributed by atoms with Crippen molar-refractivity contribution in [1.82, 2.24) is 4.90 Å². The highest BCUT2D eigenvalue weighted by atomic mass is 16.6. The molecule has 1 heterocycles. The largest absolute Gasteiger partial charge is 0.464 e. The lowest BCUT2D eigenvalue weighted by Crippen LogP contribution is -2.47. The third kappa shape index (κ3) is 4.24. The Balaban J connectivity index is 2.16. The summed E-state index contributed by atoms with van der Waals surface area (Å²) in [6, 6.07) is 8.83. The first-order chi connectivity index (χ1) is 12.0. The van der Waals surface area contributed by atoms with Crippen LogP contribution in [0.2, 0.25) is 0 Å². The number of benzene rings is 1. The smallest absolute Gasteiger partial charge is 0.417 e. The molecule has 134 valence electrons. The van der Waals surface area contributed by atoms with Gasteiger partial charge in [0.15, 0.2) is 6.10 Å². The second-order valence-electron chi connectivity index (χ2n) is 5.59. The first kappa shape index (κ1) is 18.7. The van der Waals surface area contributed by atoms with Crippen molar-refractivity contribution in [2.24, 2.45) is 5.92 Å². The fourth-order valence-corrected chi connectivity index (χ4v) is 2.67. The maximum Gasteiger partial charge on any atom is 0.417 e. The number of aliphatic hydroxyl groups is 1. The molecule has 1 fully saturated rings. The number of esters is 1. The summed E-state index contributed by atoms with van der Waals surface area (Å²) in [5.74, 6) is -2.96. The van der Waals surface area contributed by atoms with Crippen LogP contribution in [0, 0.1) is 5.92 Å². The van der Waals surface area contributed by atoms with E-state index in [-0.39, 0.29) is 13.2 Å². The molecule has 7 nitrogen and oxygen atoms in total. The van der Waals surface area contributed by atoms with Crippen LogP contribution in [-0.4, -0.2) is 53.3 Å². The van der Waals surface area contributed by atoms with Crippen LogP contribution in [0.1, 0.15) is 12.5 Å². The molecule has 0 radical (unpaired) electrons. The average molecular weight is 347 g/mol. The molecular weight excluding hydrogens is 326 g/mol. The number of imide groups is 1. The number of hydrogen-bond acceptors (Lipinski definition) is 6. The molecule has 0 unspecified atom stereocenters. The highest BCUT2D eigenvalue weighted by molar-refractivity contribution is 5.98. The first-order valence-corrected chi connectivity index (χ1v) is 8.00. The summed E-state index contributed by atoms with van der Waals surface area (Å²) in [6.07, 6.45) is -0.975. The zero-order valence-corrected chi connectivity index (χ0v) is 14.0. The Labute approximate surface area is 145 Å². The number of nitrogens with zero attached hydrogens (tertiary/aromatic N) is 1. The van der Waals surface area contributed by atoms with Gasteiger partial charge in [0.2, 0.25) is 5.91 Å². The van der Waals surface area contributed by atoms with E-state index in [0.717, 1.165) is 16.5 Å². The van der Waals surface area contributed by atoms with Crippen LogP contribution in [0.5, 0.6) is 0 Å². The topological polar surface area (TPSA) is 93.1 Å². The molecule has 0 bridgehead atoms. The van der Waals surface area contributed by atoms with Gasteiger partial charge in [-0.3, -0.25) is 4.79 Å². The van der Waals surface area contributed by atoms with Crippen molar-refractivity contribution in [2.75, 3.05) is 13.2 Å². The molecule has 0 saturated carbocycles. The minimum atomic E-state index is -1.73. The van der Waals surface area contributed by atoms with Crippen LogP contribution in [-0.2, 0) is 25.5 Å². The fraction of sp³-hybridized carbons (Fsp3) is 0.389. The number of carbonyl (C=O) groups is 3. The Morgan fingerprint density at radius 3 is 2.72 bits per heavy atom. The molecule has 25 heavy (non-hydrogen) atoms. The summed E-state index contributed by atoms with van der Waals surface area (Å²) in [4.78, 5) is 37.4. The summed E-state index contributed by atoms with van der Waals surface area (Å²) < 4.78 is 9.71. The molecule has 1 aliphatic rings. The van der Waals surface area contributed by atoms with Crippen LogP contribution in [0.4, 0.5) is 4.79 Å². The molecule has 0 aromatic heterocycles. The van der Waals surface area contributed by atoms with Crippen molar-refractivity contribution >= 4 is 18.0 Å². The van der Waals surface area contributed by atoms with Gasteiger partial charge in [-0.25, -0.2) is 14.5 Å². The van der Waals surface area contributed by atoms with Crippen molar-refractivity contribution < 1.29 is 29.0 Å². The van der Waals surface area contributed by atoms with E-state index in [1.54, 1.807) is 6.92 Å². The summed E-state index contributed by atoms with van der Waals surface area (Å²) >= 11 is 0. The standard InChI is InChI=1S/C18H21NO6/c1-3-14(15(20)17(22)24-4-2)16(21)19-13(11-25-18(19)23)10-12-8-6-5-7-9-12/h3,5-9,13-15,20H,1,4,10-11H2,2H3/t13-,14-,15-/m0/s1. The minimum Gasteiger partial charge on any atom is -0.464 e. The summed E-state index contributed by atoms with van der Waals surface area (Å²) in [6.45, 7) is 5.19. The number of aliphatic hydroxyl groups excluding tert-OH is 1. The van der Waals surface area contributed by atoms with E-state index in [0.29, 0.717) is 6.42 Å². The van der Waals surface area contributed by atoms with Gasteiger partial charge in [-0.1, -0.05) is 36.4 Å². The lowest BCUT2D eigenvalue weighted by atomic mass is 9.99. The van der Waals surface area contributed by atoms with Gasteiger partial charge in [-0.2, -0.15) is 0 Å². The van der Waals surface area contributed by atoms with E-state index >= 15 is 0 Å². The van der Waals surface area contributed by atoms with E-state index in [2.05, 4.69) is 6.58 Å². The number of cyclic esters (lactones) is 1. The zero-order chi connectivity index (χ0) is 18.4. The number of ether oxygens (including phenoxy) is 2. The lowest BCUT2D eigenvalue weighted by Gasteiger charge is -2.25. The van der Waals surface area contributed by atoms with Crippen molar-refractivity contribution in [1.29, 1.82) is 0 Å². The highest BCUT2D eigenvalue weighted by Gasteiger charge is 2.43. The molecule has 1 saturated heterocycles. The Morgan fingerprint density at radius 1 is 1.44 bits per heavy atom. The maximum absolute atomic E-state index is 12.7. The van der Waals surface area contributed by atoms with Gasteiger partial charge < -0.3 is 14.6 Å².